The number of carbonyl (C=O) groups is 2. The van der Waals surface area contributed by atoms with Gasteiger partial charge in [-0.1, -0.05) is 12.8 Å². The summed E-state index contributed by atoms with van der Waals surface area (Å²) in [5.74, 6) is 1.39. The SMILES string of the molecule is CC1C(=O)NC(C)(C2CC2)C(=O)N1CCCC1CC1. The summed E-state index contributed by atoms with van der Waals surface area (Å²) >= 11 is 0. The lowest BCUT2D eigenvalue weighted by molar-refractivity contribution is -0.154. The molecule has 1 saturated heterocycles. The van der Waals surface area contributed by atoms with Crippen LogP contribution < -0.4 is 5.32 Å². The van der Waals surface area contributed by atoms with Crippen LogP contribution in [0.25, 0.3) is 0 Å². The van der Waals surface area contributed by atoms with Crippen LogP contribution in [0.15, 0.2) is 0 Å². The van der Waals surface area contributed by atoms with Crippen LogP contribution in [0.3, 0.4) is 0 Å². The third-order valence-electron chi connectivity index (χ3n) is 5.04. The molecule has 0 aromatic carbocycles. The van der Waals surface area contributed by atoms with Gasteiger partial charge in [-0.25, -0.2) is 0 Å². The maximum atomic E-state index is 12.7. The summed E-state index contributed by atoms with van der Waals surface area (Å²) < 4.78 is 0. The van der Waals surface area contributed by atoms with Gasteiger partial charge in [-0.05, 0) is 51.4 Å². The van der Waals surface area contributed by atoms with Crippen LogP contribution in [-0.4, -0.2) is 34.8 Å². The van der Waals surface area contributed by atoms with Gasteiger partial charge < -0.3 is 10.2 Å². The standard InChI is InChI=1S/C15H24N2O2/c1-10-13(18)16-15(2,12-7-8-12)14(19)17(10)9-3-4-11-5-6-11/h10-12H,3-9H2,1-2H3,(H,16,18). The fourth-order valence-corrected chi connectivity index (χ4v) is 3.22. The number of nitrogens with one attached hydrogen (secondary N) is 1. The first kappa shape index (κ1) is 12.9. The lowest BCUT2D eigenvalue weighted by Gasteiger charge is -2.43. The van der Waals surface area contributed by atoms with Crippen molar-refractivity contribution >= 4 is 11.8 Å². The molecule has 1 N–H and O–H groups in total. The fourth-order valence-electron chi connectivity index (χ4n) is 3.22. The topological polar surface area (TPSA) is 49.4 Å². The van der Waals surface area contributed by atoms with Crippen molar-refractivity contribution in [3.63, 3.8) is 0 Å². The molecule has 0 aromatic rings. The van der Waals surface area contributed by atoms with Crippen molar-refractivity contribution in [2.24, 2.45) is 11.8 Å². The van der Waals surface area contributed by atoms with Crippen molar-refractivity contribution in [3.8, 4) is 0 Å². The average molecular weight is 264 g/mol. The molecule has 4 heteroatoms. The Kier molecular flexibility index (Phi) is 3.06. The van der Waals surface area contributed by atoms with Crippen molar-refractivity contribution < 1.29 is 9.59 Å². The molecular weight excluding hydrogens is 240 g/mol. The summed E-state index contributed by atoms with van der Waals surface area (Å²) in [6.45, 7) is 4.49. The first-order valence-electron chi connectivity index (χ1n) is 7.65. The quantitative estimate of drug-likeness (QED) is 0.821. The molecule has 2 aliphatic carbocycles. The predicted octanol–water partition coefficient (Wildman–Crippen LogP) is 1.69. The van der Waals surface area contributed by atoms with Crippen molar-refractivity contribution in [3.05, 3.63) is 0 Å². The highest BCUT2D eigenvalue weighted by atomic mass is 16.2. The summed E-state index contributed by atoms with van der Waals surface area (Å²) in [7, 11) is 0. The Morgan fingerprint density at radius 1 is 1.26 bits per heavy atom. The molecule has 0 aromatic heterocycles. The molecule has 3 fully saturated rings. The maximum absolute atomic E-state index is 12.7. The Labute approximate surface area is 114 Å². The van der Waals surface area contributed by atoms with Gasteiger partial charge in [0.05, 0.1) is 0 Å². The van der Waals surface area contributed by atoms with Gasteiger partial charge in [0, 0.05) is 6.54 Å². The molecule has 4 nitrogen and oxygen atoms in total. The maximum Gasteiger partial charge on any atom is 0.248 e. The number of amides is 2. The zero-order valence-electron chi connectivity index (χ0n) is 11.9. The number of carbonyl (C=O) groups excluding carboxylic acids is 2. The lowest BCUT2D eigenvalue weighted by atomic mass is 9.89. The third kappa shape index (κ3) is 2.37. The molecule has 2 atom stereocenters. The van der Waals surface area contributed by atoms with E-state index in [0.717, 1.165) is 31.7 Å². The normalized spacial score (nSPS) is 35.5. The second-order valence-electron chi connectivity index (χ2n) is 6.73. The molecule has 2 amide bonds. The van der Waals surface area contributed by atoms with Crippen LogP contribution in [0.4, 0.5) is 0 Å². The fraction of sp³-hybridized carbons (Fsp3) is 0.867. The molecule has 0 bridgehead atoms. The predicted molar refractivity (Wildman–Crippen MR) is 72.4 cm³/mol. The molecule has 3 aliphatic rings. The minimum Gasteiger partial charge on any atom is -0.340 e. The third-order valence-corrected chi connectivity index (χ3v) is 5.04. The number of nitrogens with zero attached hydrogens (tertiary/aromatic N) is 1. The van der Waals surface area contributed by atoms with Crippen LogP contribution in [0.2, 0.25) is 0 Å². The second-order valence-corrected chi connectivity index (χ2v) is 6.73. The van der Waals surface area contributed by atoms with Gasteiger partial charge in [0.15, 0.2) is 0 Å². The smallest absolute Gasteiger partial charge is 0.248 e. The van der Waals surface area contributed by atoms with Gasteiger partial charge in [0.2, 0.25) is 11.8 Å². The van der Waals surface area contributed by atoms with E-state index in [2.05, 4.69) is 5.32 Å². The molecule has 106 valence electrons. The number of hydrogen-bond acceptors (Lipinski definition) is 2. The van der Waals surface area contributed by atoms with Gasteiger partial charge in [-0.2, -0.15) is 0 Å². The van der Waals surface area contributed by atoms with Crippen molar-refractivity contribution in [2.75, 3.05) is 6.54 Å². The minimum absolute atomic E-state index is 0.0143. The van der Waals surface area contributed by atoms with Crippen molar-refractivity contribution in [2.45, 2.75) is 64.0 Å². The van der Waals surface area contributed by atoms with E-state index in [9.17, 15) is 9.59 Å². The molecule has 0 spiro atoms. The Bertz CT molecular complexity index is 401. The van der Waals surface area contributed by atoms with Crippen molar-refractivity contribution in [1.82, 2.24) is 10.2 Å². The summed E-state index contributed by atoms with van der Waals surface area (Å²) in [6.07, 6.45) is 7.07. The van der Waals surface area contributed by atoms with Crippen LogP contribution in [0.5, 0.6) is 0 Å². The summed E-state index contributed by atoms with van der Waals surface area (Å²) in [5.41, 5.74) is -0.636. The zero-order valence-corrected chi connectivity index (χ0v) is 11.9. The Morgan fingerprint density at radius 2 is 1.95 bits per heavy atom. The summed E-state index contributed by atoms with van der Waals surface area (Å²) in [5, 5.41) is 2.97. The molecule has 2 saturated carbocycles. The highest BCUT2D eigenvalue weighted by Gasteiger charge is 2.54. The van der Waals surface area contributed by atoms with Crippen LogP contribution in [0.1, 0.15) is 52.4 Å². The molecule has 2 unspecified atom stereocenters. The second kappa shape index (κ2) is 4.50. The van der Waals surface area contributed by atoms with Gasteiger partial charge in [0.1, 0.15) is 11.6 Å². The van der Waals surface area contributed by atoms with E-state index in [1.54, 1.807) is 0 Å². The monoisotopic (exact) mass is 264 g/mol. The first-order chi connectivity index (χ1) is 9.02. The molecule has 1 heterocycles. The first-order valence-corrected chi connectivity index (χ1v) is 7.65. The zero-order chi connectivity index (χ0) is 13.6. The number of hydrogen-bond donors (Lipinski definition) is 1. The minimum atomic E-state index is -0.636. The molecule has 1 aliphatic heterocycles. The largest absolute Gasteiger partial charge is 0.340 e. The van der Waals surface area contributed by atoms with E-state index in [4.69, 9.17) is 0 Å². The summed E-state index contributed by atoms with van der Waals surface area (Å²) in [6, 6.07) is -0.307. The van der Waals surface area contributed by atoms with Gasteiger partial charge in [0.25, 0.3) is 0 Å². The molecule has 3 rings (SSSR count). The van der Waals surface area contributed by atoms with E-state index in [0.29, 0.717) is 5.92 Å². The van der Waals surface area contributed by atoms with Gasteiger partial charge in [-0.3, -0.25) is 9.59 Å². The van der Waals surface area contributed by atoms with Gasteiger partial charge >= 0.3 is 0 Å². The van der Waals surface area contributed by atoms with Gasteiger partial charge in [-0.15, -0.1) is 0 Å². The molecule has 19 heavy (non-hydrogen) atoms. The Balaban J connectivity index is 1.67. The van der Waals surface area contributed by atoms with Crippen LogP contribution in [0, 0.1) is 11.8 Å². The Hall–Kier alpha value is -1.06. The van der Waals surface area contributed by atoms with Crippen molar-refractivity contribution in [1.29, 1.82) is 0 Å². The molecule has 0 radical (unpaired) electrons. The van der Waals surface area contributed by atoms with E-state index < -0.39 is 5.54 Å². The van der Waals surface area contributed by atoms with E-state index in [1.807, 2.05) is 18.7 Å². The van der Waals surface area contributed by atoms with Crippen LogP contribution in [-0.2, 0) is 9.59 Å². The summed E-state index contributed by atoms with van der Waals surface area (Å²) in [4.78, 5) is 26.6. The number of piperazine rings is 1. The van der Waals surface area contributed by atoms with E-state index in [1.165, 1.54) is 19.3 Å². The van der Waals surface area contributed by atoms with E-state index >= 15 is 0 Å². The highest BCUT2D eigenvalue weighted by Crippen LogP contribution is 2.42. The molecular formula is C15H24N2O2. The Morgan fingerprint density at radius 3 is 2.53 bits per heavy atom. The number of rotatable bonds is 5. The lowest BCUT2D eigenvalue weighted by Crippen LogP contribution is -2.69. The van der Waals surface area contributed by atoms with E-state index in [-0.39, 0.29) is 17.9 Å². The van der Waals surface area contributed by atoms with Crippen LogP contribution >= 0.6 is 0 Å². The highest BCUT2D eigenvalue weighted by molar-refractivity contribution is 5.99. The average Bonchev–Trinajstić information content (AvgIpc) is 3.23.